The Morgan fingerprint density at radius 2 is 1.26 bits per heavy atom. The molecular formula is C33H34O. The first kappa shape index (κ1) is 22.7. The fourth-order valence-corrected chi connectivity index (χ4v) is 6.23. The molecule has 2 aliphatic rings. The van der Waals surface area contributed by atoms with Gasteiger partial charge in [0.2, 0.25) is 0 Å². The van der Waals surface area contributed by atoms with Crippen LogP contribution in [0, 0.1) is 17.3 Å². The second kappa shape index (κ2) is 6.96. The summed E-state index contributed by atoms with van der Waals surface area (Å²) in [5.41, 5.74) is 10.3. The molecular weight excluding hydrogens is 412 g/mol. The van der Waals surface area contributed by atoms with Gasteiger partial charge in [0.25, 0.3) is 0 Å². The molecule has 0 aromatic heterocycles. The number of carbonyl (C=O) groups excluding carboxylic acids is 1. The van der Waals surface area contributed by atoms with Gasteiger partial charge in [-0.3, -0.25) is 4.79 Å². The van der Waals surface area contributed by atoms with E-state index in [1.807, 2.05) is 0 Å². The average Bonchev–Trinajstić information content (AvgIpc) is 3.08. The zero-order valence-corrected chi connectivity index (χ0v) is 21.7. The topological polar surface area (TPSA) is 17.1 Å². The number of fused-ring (bicyclic) bond motifs is 4. The smallest absolute Gasteiger partial charge is 0.151 e. The number of hydrogen-bond acceptors (Lipinski definition) is 1. The van der Waals surface area contributed by atoms with Gasteiger partial charge in [0, 0.05) is 22.1 Å². The minimum absolute atomic E-state index is 0.0208. The number of benzene rings is 3. The minimum Gasteiger partial charge on any atom is -0.298 e. The van der Waals surface area contributed by atoms with Gasteiger partial charge < -0.3 is 0 Å². The van der Waals surface area contributed by atoms with Crippen molar-refractivity contribution >= 4 is 6.29 Å². The van der Waals surface area contributed by atoms with Crippen molar-refractivity contribution in [2.45, 2.75) is 71.6 Å². The number of rotatable bonds is 1. The fraction of sp³-hybridized carbons (Fsp3) is 0.364. The van der Waals surface area contributed by atoms with Crippen molar-refractivity contribution in [2.75, 3.05) is 0 Å². The summed E-state index contributed by atoms with van der Waals surface area (Å²) in [5.74, 6) is 6.74. The molecule has 0 unspecified atom stereocenters. The lowest BCUT2D eigenvalue weighted by molar-refractivity contribution is 0.112. The van der Waals surface area contributed by atoms with E-state index in [1.165, 1.54) is 33.4 Å². The van der Waals surface area contributed by atoms with E-state index in [1.54, 1.807) is 0 Å². The largest absolute Gasteiger partial charge is 0.298 e. The standard InChI is InChI=1S/C33H34O/c1-30(2)26-12-10-9-11-24(26)25-16-14-21(17-27(25)30)13-15-22-18-28-29(19-23(22)20-34)32(5,6)33(7,8)31(28,3)4/h9-12,14,16-20H,1-8H3. The molecule has 1 heteroatoms. The first-order valence-electron chi connectivity index (χ1n) is 12.2. The summed E-state index contributed by atoms with van der Waals surface area (Å²) in [4.78, 5) is 12.1. The SMILES string of the molecule is CC1(C)c2ccccc2-c2ccc(C#Cc3cc4c(cc3C=O)C(C)(C)C(C)(C)C4(C)C)cc21. The quantitative estimate of drug-likeness (QED) is 0.275. The Balaban J connectivity index is 1.61. The maximum absolute atomic E-state index is 12.1. The highest BCUT2D eigenvalue weighted by atomic mass is 16.1. The van der Waals surface area contributed by atoms with Crippen molar-refractivity contribution in [3.8, 4) is 23.0 Å². The maximum atomic E-state index is 12.1. The van der Waals surface area contributed by atoms with Crippen molar-refractivity contribution in [1.29, 1.82) is 0 Å². The van der Waals surface area contributed by atoms with Crippen LogP contribution in [0.2, 0.25) is 0 Å². The molecule has 0 atom stereocenters. The second-order valence-electron chi connectivity index (χ2n) is 12.2. The van der Waals surface area contributed by atoms with E-state index in [0.717, 1.165) is 17.4 Å². The van der Waals surface area contributed by atoms with Gasteiger partial charge in [-0.15, -0.1) is 0 Å². The second-order valence-corrected chi connectivity index (χ2v) is 12.2. The van der Waals surface area contributed by atoms with Gasteiger partial charge in [0.1, 0.15) is 0 Å². The van der Waals surface area contributed by atoms with Crippen molar-refractivity contribution in [2.24, 2.45) is 5.41 Å². The highest BCUT2D eigenvalue weighted by Crippen LogP contribution is 2.61. The van der Waals surface area contributed by atoms with Gasteiger partial charge in [-0.25, -0.2) is 0 Å². The summed E-state index contributed by atoms with van der Waals surface area (Å²) >= 11 is 0. The van der Waals surface area contributed by atoms with Crippen molar-refractivity contribution in [3.63, 3.8) is 0 Å². The molecule has 0 fully saturated rings. The third kappa shape index (κ3) is 2.78. The van der Waals surface area contributed by atoms with Gasteiger partial charge in [0.15, 0.2) is 6.29 Å². The lowest BCUT2D eigenvalue weighted by Crippen LogP contribution is -2.42. The number of hydrogen-bond donors (Lipinski definition) is 0. The summed E-state index contributed by atoms with van der Waals surface area (Å²) in [7, 11) is 0. The van der Waals surface area contributed by atoms with Crippen LogP contribution in [0.3, 0.4) is 0 Å². The predicted octanol–water partition coefficient (Wildman–Crippen LogP) is 7.80. The van der Waals surface area contributed by atoms with Crippen LogP contribution >= 0.6 is 0 Å². The van der Waals surface area contributed by atoms with Gasteiger partial charge >= 0.3 is 0 Å². The highest BCUT2D eigenvalue weighted by molar-refractivity contribution is 5.83. The summed E-state index contributed by atoms with van der Waals surface area (Å²) in [6.07, 6.45) is 0.959. The minimum atomic E-state index is -0.0493. The first-order chi connectivity index (χ1) is 15.8. The predicted molar refractivity (Wildman–Crippen MR) is 142 cm³/mol. The Morgan fingerprint density at radius 1 is 0.647 bits per heavy atom. The van der Waals surface area contributed by atoms with E-state index in [2.05, 4.69) is 122 Å². The van der Waals surface area contributed by atoms with E-state index >= 15 is 0 Å². The monoisotopic (exact) mass is 446 g/mol. The third-order valence-electron chi connectivity index (χ3n) is 9.71. The van der Waals surface area contributed by atoms with E-state index in [0.29, 0.717) is 5.56 Å². The van der Waals surface area contributed by atoms with Crippen LogP contribution in [0.15, 0.2) is 54.6 Å². The first-order valence-corrected chi connectivity index (χ1v) is 12.2. The summed E-state index contributed by atoms with van der Waals surface area (Å²) in [6, 6.07) is 19.5. The molecule has 3 aromatic rings. The van der Waals surface area contributed by atoms with Gasteiger partial charge in [-0.1, -0.05) is 97.6 Å². The molecule has 0 aliphatic heterocycles. The molecule has 0 bridgehead atoms. The van der Waals surface area contributed by atoms with Crippen LogP contribution in [-0.4, -0.2) is 6.29 Å². The van der Waals surface area contributed by atoms with E-state index in [9.17, 15) is 4.79 Å². The van der Waals surface area contributed by atoms with Gasteiger partial charge in [-0.05, 0) is 73.9 Å². The molecule has 0 saturated heterocycles. The average molecular weight is 447 g/mol. The molecule has 0 N–H and O–H groups in total. The van der Waals surface area contributed by atoms with E-state index < -0.39 is 0 Å². The van der Waals surface area contributed by atoms with Crippen molar-refractivity contribution in [1.82, 2.24) is 0 Å². The number of aldehydes is 1. The zero-order valence-electron chi connectivity index (χ0n) is 21.7. The Labute approximate surface area is 204 Å². The van der Waals surface area contributed by atoms with Crippen LogP contribution in [-0.2, 0) is 16.2 Å². The zero-order chi connectivity index (χ0) is 24.7. The number of carbonyl (C=O) groups is 1. The van der Waals surface area contributed by atoms with Crippen molar-refractivity contribution < 1.29 is 4.79 Å². The third-order valence-corrected chi connectivity index (χ3v) is 9.71. The van der Waals surface area contributed by atoms with Crippen LogP contribution in [0.5, 0.6) is 0 Å². The van der Waals surface area contributed by atoms with Crippen LogP contribution < -0.4 is 0 Å². The molecule has 172 valence electrons. The molecule has 3 aromatic carbocycles. The molecule has 0 heterocycles. The summed E-state index contributed by atoms with van der Waals surface area (Å²) < 4.78 is 0. The molecule has 0 saturated carbocycles. The molecule has 34 heavy (non-hydrogen) atoms. The van der Waals surface area contributed by atoms with Gasteiger partial charge in [0.05, 0.1) is 0 Å². The molecule has 0 amide bonds. The molecule has 0 spiro atoms. The molecule has 5 rings (SSSR count). The van der Waals surface area contributed by atoms with Crippen molar-refractivity contribution in [3.05, 3.63) is 93.5 Å². The normalized spacial score (nSPS) is 19.4. The highest BCUT2D eigenvalue weighted by Gasteiger charge is 2.56. The van der Waals surface area contributed by atoms with Crippen LogP contribution in [0.1, 0.15) is 99.1 Å². The fourth-order valence-electron chi connectivity index (χ4n) is 6.23. The maximum Gasteiger partial charge on any atom is 0.151 e. The molecule has 1 nitrogen and oxygen atoms in total. The lowest BCUT2D eigenvalue weighted by Gasteiger charge is -2.44. The Bertz CT molecular complexity index is 1420. The summed E-state index contributed by atoms with van der Waals surface area (Å²) in [5, 5.41) is 0. The van der Waals surface area contributed by atoms with Gasteiger partial charge in [-0.2, -0.15) is 0 Å². The van der Waals surface area contributed by atoms with Crippen LogP contribution in [0.4, 0.5) is 0 Å². The lowest BCUT2D eigenvalue weighted by atomic mass is 9.59. The Kier molecular flexibility index (Phi) is 4.64. The van der Waals surface area contributed by atoms with Crippen LogP contribution in [0.25, 0.3) is 11.1 Å². The molecule has 2 aliphatic carbocycles. The Hall–Kier alpha value is -3.11. The summed E-state index contributed by atoms with van der Waals surface area (Å²) in [6.45, 7) is 18.5. The van der Waals surface area contributed by atoms with E-state index in [-0.39, 0.29) is 21.7 Å². The molecule has 0 radical (unpaired) electrons. The Morgan fingerprint density at radius 3 is 1.94 bits per heavy atom. The van der Waals surface area contributed by atoms with E-state index in [4.69, 9.17) is 0 Å².